The zero-order valence-corrected chi connectivity index (χ0v) is 17.6. The summed E-state index contributed by atoms with van der Waals surface area (Å²) in [5.41, 5.74) is 1.00. The fraction of sp³-hybridized carbons (Fsp3) is 0.417. The number of ether oxygens (including phenoxy) is 1. The normalized spacial score (nSPS) is 12.7. The molecule has 0 aromatic heterocycles. The van der Waals surface area contributed by atoms with Gasteiger partial charge in [0, 0.05) is 19.0 Å². The molecule has 2 atom stereocenters. The summed E-state index contributed by atoms with van der Waals surface area (Å²) in [6, 6.07) is 18.9. The summed E-state index contributed by atoms with van der Waals surface area (Å²) in [6.45, 7) is 6.65. The van der Waals surface area contributed by atoms with Crippen molar-refractivity contribution in [3.05, 3.63) is 66.2 Å². The second kappa shape index (κ2) is 11.9. The summed E-state index contributed by atoms with van der Waals surface area (Å²) in [5.74, 6) is 0.629. The van der Waals surface area contributed by atoms with Crippen molar-refractivity contribution in [2.45, 2.75) is 58.7 Å². The predicted molar refractivity (Wildman–Crippen MR) is 116 cm³/mol. The van der Waals surface area contributed by atoms with Crippen LogP contribution in [0.25, 0.3) is 0 Å². The predicted octanol–water partition coefficient (Wildman–Crippen LogP) is 4.18. The third-order valence-corrected chi connectivity index (χ3v) is 4.91. The first-order chi connectivity index (χ1) is 14.0. The minimum Gasteiger partial charge on any atom is -0.494 e. The highest BCUT2D eigenvalue weighted by molar-refractivity contribution is 5.87. The summed E-state index contributed by atoms with van der Waals surface area (Å²) in [7, 11) is 0. The molecule has 0 aliphatic carbocycles. The first-order valence-electron chi connectivity index (χ1n) is 10.3. The Balaban J connectivity index is 1.97. The van der Waals surface area contributed by atoms with Crippen molar-refractivity contribution >= 4 is 11.8 Å². The molecule has 0 bridgehead atoms. The molecule has 2 amide bonds. The highest BCUT2D eigenvalue weighted by Crippen LogP contribution is 2.13. The second-order valence-corrected chi connectivity index (χ2v) is 7.27. The molecular formula is C24H32N2O3. The monoisotopic (exact) mass is 396 g/mol. The Labute approximate surface area is 174 Å². The van der Waals surface area contributed by atoms with Gasteiger partial charge in [-0.3, -0.25) is 9.59 Å². The molecule has 2 aromatic carbocycles. The van der Waals surface area contributed by atoms with Crippen LogP contribution in [0.3, 0.4) is 0 Å². The van der Waals surface area contributed by atoms with Gasteiger partial charge < -0.3 is 15.0 Å². The molecule has 156 valence electrons. The van der Waals surface area contributed by atoms with Crippen molar-refractivity contribution in [3.8, 4) is 5.75 Å². The van der Waals surface area contributed by atoms with Gasteiger partial charge in [0.1, 0.15) is 11.8 Å². The van der Waals surface area contributed by atoms with Crippen molar-refractivity contribution in [1.29, 1.82) is 0 Å². The number of hydrogen-bond donors (Lipinski definition) is 1. The SMILES string of the molecule is CCC(C)NC(=O)C(C)N(Cc1ccccc1)C(=O)CCCOc1ccccc1. The average Bonchev–Trinajstić information content (AvgIpc) is 2.75. The Morgan fingerprint density at radius 1 is 1.00 bits per heavy atom. The van der Waals surface area contributed by atoms with E-state index in [1.165, 1.54) is 0 Å². The van der Waals surface area contributed by atoms with Gasteiger partial charge in [-0.25, -0.2) is 0 Å². The van der Waals surface area contributed by atoms with E-state index in [4.69, 9.17) is 4.74 Å². The standard InChI is InChI=1S/C24H32N2O3/c1-4-19(2)25-24(28)20(3)26(18-21-12-7-5-8-13-21)23(27)16-11-17-29-22-14-9-6-10-15-22/h5-10,12-15,19-20H,4,11,16-18H2,1-3H3,(H,25,28). The van der Waals surface area contributed by atoms with Crippen molar-refractivity contribution < 1.29 is 14.3 Å². The van der Waals surface area contributed by atoms with Crippen LogP contribution in [0.15, 0.2) is 60.7 Å². The zero-order valence-electron chi connectivity index (χ0n) is 17.6. The number of rotatable bonds is 11. The minimum absolute atomic E-state index is 0.0442. The van der Waals surface area contributed by atoms with Crippen LogP contribution >= 0.6 is 0 Å². The molecule has 0 spiro atoms. The van der Waals surface area contributed by atoms with Crippen LogP contribution in [0, 0.1) is 0 Å². The van der Waals surface area contributed by atoms with Crippen LogP contribution in [0.5, 0.6) is 5.75 Å². The third kappa shape index (κ3) is 7.60. The van der Waals surface area contributed by atoms with Gasteiger partial charge in [0.05, 0.1) is 6.61 Å². The fourth-order valence-corrected chi connectivity index (χ4v) is 2.90. The third-order valence-electron chi connectivity index (χ3n) is 4.91. The van der Waals surface area contributed by atoms with Gasteiger partial charge in [-0.2, -0.15) is 0 Å². The van der Waals surface area contributed by atoms with Gasteiger partial charge in [0.15, 0.2) is 0 Å². The van der Waals surface area contributed by atoms with E-state index < -0.39 is 6.04 Å². The Morgan fingerprint density at radius 3 is 2.24 bits per heavy atom. The van der Waals surface area contributed by atoms with Crippen LogP contribution in [0.4, 0.5) is 0 Å². The highest BCUT2D eigenvalue weighted by atomic mass is 16.5. The molecule has 0 fully saturated rings. The summed E-state index contributed by atoms with van der Waals surface area (Å²) >= 11 is 0. The van der Waals surface area contributed by atoms with Crippen LogP contribution in [-0.4, -0.2) is 35.4 Å². The lowest BCUT2D eigenvalue weighted by atomic mass is 10.1. The molecule has 0 heterocycles. The van der Waals surface area contributed by atoms with E-state index in [0.29, 0.717) is 26.0 Å². The maximum Gasteiger partial charge on any atom is 0.242 e. The van der Waals surface area contributed by atoms with Crippen LogP contribution in [0.2, 0.25) is 0 Å². The van der Waals surface area contributed by atoms with E-state index in [1.807, 2.05) is 74.5 Å². The van der Waals surface area contributed by atoms with E-state index in [0.717, 1.165) is 17.7 Å². The molecule has 0 radical (unpaired) electrons. The smallest absolute Gasteiger partial charge is 0.242 e. The number of para-hydroxylation sites is 1. The number of hydrogen-bond acceptors (Lipinski definition) is 3. The number of amides is 2. The Kier molecular flexibility index (Phi) is 9.22. The molecule has 5 heteroatoms. The second-order valence-electron chi connectivity index (χ2n) is 7.27. The maximum absolute atomic E-state index is 13.0. The molecule has 5 nitrogen and oxygen atoms in total. The minimum atomic E-state index is -0.535. The van der Waals surface area contributed by atoms with Gasteiger partial charge in [0.2, 0.25) is 11.8 Å². The van der Waals surface area contributed by atoms with E-state index in [9.17, 15) is 9.59 Å². The summed E-state index contributed by atoms with van der Waals surface area (Å²) < 4.78 is 5.68. The van der Waals surface area contributed by atoms with E-state index in [-0.39, 0.29) is 17.9 Å². The summed E-state index contributed by atoms with van der Waals surface area (Å²) in [4.78, 5) is 27.2. The molecular weight excluding hydrogens is 364 g/mol. The summed E-state index contributed by atoms with van der Waals surface area (Å²) in [5, 5.41) is 2.98. The van der Waals surface area contributed by atoms with Crippen LogP contribution < -0.4 is 10.1 Å². The molecule has 2 aromatic rings. The lowest BCUT2D eigenvalue weighted by molar-refractivity contribution is -0.141. The fourth-order valence-electron chi connectivity index (χ4n) is 2.90. The van der Waals surface area contributed by atoms with Crippen LogP contribution in [0.1, 0.15) is 45.6 Å². The van der Waals surface area contributed by atoms with Crippen molar-refractivity contribution in [2.75, 3.05) is 6.61 Å². The number of carbonyl (C=O) groups is 2. The molecule has 29 heavy (non-hydrogen) atoms. The van der Waals surface area contributed by atoms with Gasteiger partial charge >= 0.3 is 0 Å². The molecule has 2 unspecified atom stereocenters. The Bertz CT molecular complexity index is 749. The number of nitrogens with one attached hydrogen (secondary N) is 1. The molecule has 0 saturated carbocycles. The molecule has 0 aliphatic rings. The van der Waals surface area contributed by atoms with Crippen molar-refractivity contribution in [1.82, 2.24) is 10.2 Å². The first kappa shape index (κ1) is 22.5. The van der Waals surface area contributed by atoms with E-state index in [1.54, 1.807) is 11.8 Å². The largest absolute Gasteiger partial charge is 0.494 e. The van der Waals surface area contributed by atoms with E-state index >= 15 is 0 Å². The average molecular weight is 397 g/mol. The quantitative estimate of drug-likeness (QED) is 0.580. The highest BCUT2D eigenvalue weighted by Gasteiger charge is 2.26. The zero-order chi connectivity index (χ0) is 21.1. The van der Waals surface area contributed by atoms with Crippen molar-refractivity contribution in [3.63, 3.8) is 0 Å². The topological polar surface area (TPSA) is 58.6 Å². The Hall–Kier alpha value is -2.82. The molecule has 0 aliphatic heterocycles. The molecule has 1 N–H and O–H groups in total. The number of carbonyl (C=O) groups excluding carboxylic acids is 2. The lowest BCUT2D eigenvalue weighted by Gasteiger charge is -2.29. The summed E-state index contributed by atoms with van der Waals surface area (Å²) in [6.07, 6.45) is 1.78. The lowest BCUT2D eigenvalue weighted by Crippen LogP contribution is -2.49. The maximum atomic E-state index is 13.0. The molecule has 2 rings (SSSR count). The number of nitrogens with zero attached hydrogens (tertiary/aromatic N) is 1. The van der Waals surface area contributed by atoms with Crippen molar-refractivity contribution in [2.24, 2.45) is 0 Å². The Morgan fingerprint density at radius 2 is 1.62 bits per heavy atom. The van der Waals surface area contributed by atoms with Gasteiger partial charge in [-0.1, -0.05) is 55.5 Å². The first-order valence-corrected chi connectivity index (χ1v) is 10.3. The van der Waals surface area contributed by atoms with Crippen LogP contribution in [-0.2, 0) is 16.1 Å². The number of benzene rings is 2. The van der Waals surface area contributed by atoms with Gasteiger partial charge in [0.25, 0.3) is 0 Å². The van der Waals surface area contributed by atoms with E-state index in [2.05, 4.69) is 5.32 Å². The van der Waals surface area contributed by atoms with Gasteiger partial charge in [-0.15, -0.1) is 0 Å². The molecule has 0 saturated heterocycles. The van der Waals surface area contributed by atoms with Gasteiger partial charge in [-0.05, 0) is 44.4 Å².